The third-order valence-corrected chi connectivity index (χ3v) is 8.90. The Kier molecular flexibility index (Phi) is 5.88. The monoisotopic (exact) mass is 522 g/mol. The van der Waals surface area contributed by atoms with E-state index in [1.165, 1.54) is 22.7 Å². The van der Waals surface area contributed by atoms with Crippen LogP contribution in [-0.2, 0) is 0 Å². The van der Waals surface area contributed by atoms with Crippen molar-refractivity contribution in [3.63, 3.8) is 0 Å². The van der Waals surface area contributed by atoms with E-state index in [2.05, 4.69) is 15.3 Å². The van der Waals surface area contributed by atoms with E-state index in [-0.39, 0.29) is 11.9 Å². The van der Waals surface area contributed by atoms with E-state index in [0.717, 1.165) is 34.7 Å². The molecule has 6 rings (SSSR count). The fourth-order valence-corrected chi connectivity index (χ4v) is 7.20. The summed E-state index contributed by atoms with van der Waals surface area (Å²) in [7, 11) is 0. The van der Waals surface area contributed by atoms with Crippen LogP contribution < -0.4 is 15.8 Å². The standard InChI is InChI=1S/C25H26N6O3S2/c1-14-22(30-10-11-35-24(30)28-14)34-25(33)27-12-18-17-9-5-8-16(17)13-31(18)21(32)19-20(36-23(26)29-19)15-6-3-2-4-7-15/h2-4,6-7,10-11,16-18H,5,8-9,12-13H2,1H3,(H2,26,29)(H,27,33)/t16-,17-,18+/m0/s1. The third-order valence-electron chi connectivity index (χ3n) is 7.21. The first-order chi connectivity index (χ1) is 17.5. The largest absolute Gasteiger partial charge is 0.414 e. The summed E-state index contributed by atoms with van der Waals surface area (Å²) in [4.78, 5) is 38.9. The Bertz CT molecular complexity index is 1430. The molecule has 3 N–H and O–H groups in total. The second kappa shape index (κ2) is 9.21. The Hall–Kier alpha value is -3.44. The maximum absolute atomic E-state index is 13.8. The molecule has 186 valence electrons. The molecule has 1 aliphatic carbocycles. The van der Waals surface area contributed by atoms with E-state index >= 15 is 0 Å². The number of rotatable bonds is 5. The van der Waals surface area contributed by atoms with Crippen LogP contribution >= 0.6 is 22.7 Å². The molecule has 4 aromatic rings. The van der Waals surface area contributed by atoms with E-state index in [1.807, 2.05) is 53.7 Å². The van der Waals surface area contributed by atoms with E-state index in [4.69, 9.17) is 10.5 Å². The number of ether oxygens (including phenoxy) is 1. The van der Waals surface area contributed by atoms with E-state index in [1.54, 1.807) is 4.40 Å². The quantitative estimate of drug-likeness (QED) is 0.401. The third kappa shape index (κ3) is 4.01. The Balaban J connectivity index is 1.21. The number of carbonyl (C=O) groups excluding carboxylic acids is 2. The summed E-state index contributed by atoms with van der Waals surface area (Å²) in [5.41, 5.74) is 8.00. The van der Waals surface area contributed by atoms with Crippen LogP contribution in [0.1, 0.15) is 35.4 Å². The SMILES string of the molecule is Cc1nc2sccn2c1OC(=O)NC[C@@H]1[C@H]2CCC[C@H]2CN1C(=O)c1nc(N)sc1-c1ccccc1. The number of nitrogens with two attached hydrogens (primary N) is 1. The van der Waals surface area contributed by atoms with Crippen LogP contribution in [0.3, 0.4) is 0 Å². The first kappa shape index (κ1) is 23.0. The number of aryl methyl sites for hydroxylation is 1. The predicted molar refractivity (Wildman–Crippen MR) is 139 cm³/mol. The van der Waals surface area contributed by atoms with Crippen molar-refractivity contribution in [3.8, 4) is 16.3 Å². The smallest absolute Gasteiger partial charge is 0.391 e. The molecule has 11 heteroatoms. The minimum atomic E-state index is -0.553. The fraction of sp³-hybridized carbons (Fsp3) is 0.360. The van der Waals surface area contributed by atoms with Gasteiger partial charge in [-0.25, -0.2) is 14.8 Å². The minimum absolute atomic E-state index is 0.128. The van der Waals surface area contributed by atoms with Gasteiger partial charge < -0.3 is 20.7 Å². The number of hydrogen-bond donors (Lipinski definition) is 2. The van der Waals surface area contributed by atoms with Crippen molar-refractivity contribution < 1.29 is 14.3 Å². The molecule has 0 bridgehead atoms. The number of anilines is 1. The van der Waals surface area contributed by atoms with Crippen LogP contribution in [-0.4, -0.2) is 50.4 Å². The molecule has 1 saturated carbocycles. The molecule has 2 aliphatic rings. The Morgan fingerprint density at radius 3 is 2.89 bits per heavy atom. The molecule has 9 nitrogen and oxygen atoms in total. The van der Waals surface area contributed by atoms with Crippen molar-refractivity contribution in [2.45, 2.75) is 32.2 Å². The van der Waals surface area contributed by atoms with Crippen LogP contribution in [0.15, 0.2) is 41.9 Å². The molecular weight excluding hydrogens is 496 g/mol. The summed E-state index contributed by atoms with van der Waals surface area (Å²) in [6.45, 7) is 2.79. The van der Waals surface area contributed by atoms with Crippen LogP contribution in [0.4, 0.5) is 9.93 Å². The highest BCUT2D eigenvalue weighted by molar-refractivity contribution is 7.19. The van der Waals surface area contributed by atoms with Gasteiger partial charge in [-0.15, -0.1) is 11.3 Å². The van der Waals surface area contributed by atoms with Gasteiger partial charge in [0.2, 0.25) is 5.88 Å². The summed E-state index contributed by atoms with van der Waals surface area (Å²) in [5, 5.41) is 5.17. The molecule has 0 unspecified atom stereocenters. The van der Waals surface area contributed by atoms with Gasteiger partial charge in [-0.3, -0.25) is 9.20 Å². The summed E-state index contributed by atoms with van der Waals surface area (Å²) in [6, 6.07) is 9.60. The Morgan fingerprint density at radius 1 is 1.22 bits per heavy atom. The summed E-state index contributed by atoms with van der Waals surface area (Å²) < 4.78 is 7.37. The normalized spacial score (nSPS) is 21.1. The molecule has 2 fully saturated rings. The van der Waals surface area contributed by atoms with Gasteiger partial charge in [0.15, 0.2) is 10.1 Å². The summed E-state index contributed by atoms with van der Waals surface area (Å²) in [6.07, 6.45) is 4.54. The molecule has 3 atom stereocenters. The highest BCUT2D eigenvalue weighted by Crippen LogP contribution is 2.43. The number of likely N-dealkylation sites (tertiary alicyclic amines) is 1. The number of nitrogens with one attached hydrogen (secondary N) is 1. The zero-order valence-corrected chi connectivity index (χ0v) is 21.3. The lowest BCUT2D eigenvalue weighted by atomic mass is 9.94. The van der Waals surface area contributed by atoms with Crippen LogP contribution in [0.25, 0.3) is 15.4 Å². The van der Waals surface area contributed by atoms with Gasteiger partial charge in [0.25, 0.3) is 5.91 Å². The van der Waals surface area contributed by atoms with Crippen molar-refractivity contribution in [1.29, 1.82) is 0 Å². The Morgan fingerprint density at radius 2 is 2.06 bits per heavy atom. The van der Waals surface area contributed by atoms with Crippen LogP contribution in [0.5, 0.6) is 5.88 Å². The molecule has 4 heterocycles. The van der Waals surface area contributed by atoms with Crippen molar-refractivity contribution in [3.05, 3.63) is 53.3 Å². The second-order valence-electron chi connectivity index (χ2n) is 9.30. The van der Waals surface area contributed by atoms with Gasteiger partial charge >= 0.3 is 6.09 Å². The van der Waals surface area contributed by atoms with Crippen molar-refractivity contribution in [2.24, 2.45) is 11.8 Å². The molecule has 1 aliphatic heterocycles. The van der Waals surface area contributed by atoms with Gasteiger partial charge in [-0.2, -0.15) is 0 Å². The lowest BCUT2D eigenvalue weighted by Crippen LogP contribution is -2.46. The first-order valence-corrected chi connectivity index (χ1v) is 13.7. The van der Waals surface area contributed by atoms with Crippen molar-refractivity contribution >= 4 is 44.8 Å². The molecule has 1 saturated heterocycles. The molecule has 36 heavy (non-hydrogen) atoms. The Labute approximate surface area is 215 Å². The van der Waals surface area contributed by atoms with Crippen LogP contribution in [0.2, 0.25) is 0 Å². The van der Waals surface area contributed by atoms with Gasteiger partial charge in [-0.1, -0.05) is 48.1 Å². The zero-order chi connectivity index (χ0) is 24.8. The van der Waals surface area contributed by atoms with Crippen molar-refractivity contribution in [1.82, 2.24) is 24.6 Å². The number of thiazole rings is 2. The molecule has 2 amide bonds. The van der Waals surface area contributed by atoms with Crippen molar-refractivity contribution in [2.75, 3.05) is 18.8 Å². The highest BCUT2D eigenvalue weighted by Gasteiger charge is 2.47. The molecule has 1 aromatic carbocycles. The summed E-state index contributed by atoms with van der Waals surface area (Å²) in [5.74, 6) is 1.04. The lowest BCUT2D eigenvalue weighted by molar-refractivity contribution is 0.0706. The highest BCUT2D eigenvalue weighted by atomic mass is 32.1. The fourth-order valence-electron chi connectivity index (χ4n) is 5.62. The second-order valence-corrected chi connectivity index (χ2v) is 11.2. The minimum Gasteiger partial charge on any atom is -0.391 e. The van der Waals surface area contributed by atoms with Gasteiger partial charge in [0.05, 0.1) is 10.9 Å². The molecule has 0 spiro atoms. The molecule has 3 aromatic heterocycles. The predicted octanol–water partition coefficient (Wildman–Crippen LogP) is 4.44. The van der Waals surface area contributed by atoms with Crippen LogP contribution in [0, 0.1) is 18.8 Å². The van der Waals surface area contributed by atoms with Gasteiger partial charge in [0, 0.05) is 24.7 Å². The number of benzene rings is 1. The number of nitrogens with zero attached hydrogens (tertiary/aromatic N) is 4. The van der Waals surface area contributed by atoms with Gasteiger partial charge in [0.1, 0.15) is 11.4 Å². The van der Waals surface area contributed by atoms with E-state index < -0.39 is 6.09 Å². The average molecular weight is 523 g/mol. The molecule has 0 radical (unpaired) electrons. The lowest BCUT2D eigenvalue weighted by Gasteiger charge is -2.28. The number of hydrogen-bond acceptors (Lipinski definition) is 8. The maximum atomic E-state index is 13.8. The molecular formula is C25H26N6O3S2. The zero-order valence-electron chi connectivity index (χ0n) is 19.7. The van der Waals surface area contributed by atoms with E-state index in [0.29, 0.717) is 47.3 Å². The number of fused-ring (bicyclic) bond motifs is 2. The summed E-state index contributed by atoms with van der Waals surface area (Å²) >= 11 is 2.80. The number of aromatic nitrogens is 3. The van der Waals surface area contributed by atoms with Gasteiger partial charge in [-0.05, 0) is 37.2 Å². The topological polar surface area (TPSA) is 115 Å². The number of amides is 2. The first-order valence-electron chi connectivity index (χ1n) is 12.0. The maximum Gasteiger partial charge on any atom is 0.414 e. The number of nitrogen functional groups attached to an aromatic ring is 1. The average Bonchev–Trinajstić information content (AvgIpc) is 3.67. The number of imidazole rings is 1. The van der Waals surface area contributed by atoms with E-state index in [9.17, 15) is 9.59 Å². The number of carbonyl (C=O) groups is 2.